The lowest BCUT2D eigenvalue weighted by atomic mass is 9.49. The fourth-order valence-corrected chi connectivity index (χ4v) is 6.52. The molecular weight excluding hydrogens is 336 g/mol. The third-order valence-electron chi connectivity index (χ3n) is 6.21. The molecule has 0 radical (unpaired) electrons. The topological polar surface area (TPSA) is 81.6 Å². The number of hydrogen-bond donors (Lipinski definition) is 1. The van der Waals surface area contributed by atoms with Crippen molar-refractivity contribution >= 4 is 28.9 Å². The van der Waals surface area contributed by atoms with Crippen molar-refractivity contribution in [2.24, 2.45) is 28.3 Å². The maximum atomic E-state index is 12.5. The average Bonchev–Trinajstić information content (AvgIpc) is 3.01. The van der Waals surface area contributed by atoms with E-state index in [2.05, 4.69) is 10.5 Å². The van der Waals surface area contributed by atoms with Crippen molar-refractivity contribution in [2.75, 3.05) is 0 Å². The maximum absolute atomic E-state index is 12.5. The van der Waals surface area contributed by atoms with Crippen LogP contribution in [0.2, 0.25) is 0 Å². The summed E-state index contributed by atoms with van der Waals surface area (Å²) in [4.78, 5) is 24.2. The van der Waals surface area contributed by atoms with Crippen LogP contribution in [0.5, 0.6) is 0 Å². The molecule has 1 aromatic rings. The minimum absolute atomic E-state index is 0.0158. The molecule has 134 valence electrons. The lowest BCUT2D eigenvalue weighted by Gasteiger charge is -2.56. The van der Waals surface area contributed by atoms with Crippen LogP contribution in [0, 0.1) is 23.2 Å². The van der Waals surface area contributed by atoms with Gasteiger partial charge in [-0.1, -0.05) is 0 Å². The molecule has 4 fully saturated rings. The largest absolute Gasteiger partial charge is 0.544 e. The molecule has 0 aliphatic heterocycles. The maximum Gasteiger partial charge on any atom is 0.240 e. The summed E-state index contributed by atoms with van der Waals surface area (Å²) in [7, 11) is 0. The van der Waals surface area contributed by atoms with Gasteiger partial charge in [0, 0.05) is 6.42 Å². The van der Waals surface area contributed by atoms with Gasteiger partial charge in [-0.25, -0.2) is 5.43 Å². The van der Waals surface area contributed by atoms with Crippen molar-refractivity contribution in [3.05, 3.63) is 21.9 Å². The van der Waals surface area contributed by atoms with E-state index in [-0.39, 0.29) is 16.2 Å². The van der Waals surface area contributed by atoms with E-state index in [9.17, 15) is 14.7 Å². The van der Waals surface area contributed by atoms with E-state index in [0.717, 1.165) is 34.0 Å². The van der Waals surface area contributed by atoms with Gasteiger partial charge in [-0.15, -0.1) is 11.3 Å². The smallest absolute Gasteiger partial charge is 0.240 e. The Balaban J connectivity index is 1.38. The van der Waals surface area contributed by atoms with Gasteiger partial charge in [0.2, 0.25) is 5.91 Å². The fraction of sp³-hybridized carbons (Fsp3) is 0.632. The van der Waals surface area contributed by atoms with E-state index >= 15 is 0 Å². The Morgan fingerprint density at radius 1 is 1.16 bits per heavy atom. The predicted octanol–water partition coefficient (Wildman–Crippen LogP) is 2.56. The standard InChI is InChI=1S/C19H24N2O3S/c1-11(15-2-3-16(25-15)18(23)24)20-21-17(22)10-19-7-12-4-13(8-19)6-14(5-12)9-19/h2-3,12-14H,4-10H2,1H3,(H,21,22)(H,23,24)/p-1/b20-11-. The van der Waals surface area contributed by atoms with E-state index in [4.69, 9.17) is 0 Å². The molecule has 1 heterocycles. The summed E-state index contributed by atoms with van der Waals surface area (Å²) in [6.45, 7) is 1.77. The highest BCUT2D eigenvalue weighted by atomic mass is 32.1. The molecule has 0 saturated heterocycles. The molecule has 1 N–H and O–H groups in total. The van der Waals surface area contributed by atoms with Gasteiger partial charge in [0.15, 0.2) is 0 Å². The van der Waals surface area contributed by atoms with E-state index in [0.29, 0.717) is 12.1 Å². The van der Waals surface area contributed by atoms with Crippen LogP contribution in [-0.2, 0) is 4.79 Å². The minimum Gasteiger partial charge on any atom is -0.544 e. The molecule has 5 rings (SSSR count). The fourth-order valence-electron chi connectivity index (χ4n) is 5.73. The number of carbonyl (C=O) groups is 2. The van der Waals surface area contributed by atoms with Crippen molar-refractivity contribution in [1.82, 2.24) is 5.43 Å². The number of hydrogen-bond acceptors (Lipinski definition) is 5. The highest BCUT2D eigenvalue weighted by molar-refractivity contribution is 7.15. The number of rotatable bonds is 5. The number of carboxylic acid groups (broad SMARTS) is 1. The number of nitrogens with one attached hydrogen (secondary N) is 1. The number of hydrazone groups is 1. The summed E-state index contributed by atoms with van der Waals surface area (Å²) in [6.07, 6.45) is 8.30. The van der Waals surface area contributed by atoms with Crippen molar-refractivity contribution in [3.63, 3.8) is 0 Å². The molecule has 4 bridgehead atoms. The van der Waals surface area contributed by atoms with Gasteiger partial charge in [-0.2, -0.15) is 5.10 Å². The first kappa shape index (κ1) is 16.8. The molecule has 4 aliphatic carbocycles. The van der Waals surface area contributed by atoms with Gasteiger partial charge in [0.05, 0.1) is 21.4 Å². The third-order valence-corrected chi connectivity index (χ3v) is 7.39. The van der Waals surface area contributed by atoms with Gasteiger partial charge in [-0.3, -0.25) is 4.79 Å². The Bertz CT molecular complexity index is 701. The quantitative estimate of drug-likeness (QED) is 0.648. The van der Waals surface area contributed by atoms with Crippen molar-refractivity contribution in [2.45, 2.75) is 51.9 Å². The first-order chi connectivity index (χ1) is 11.9. The van der Waals surface area contributed by atoms with Crippen LogP contribution >= 0.6 is 11.3 Å². The number of nitrogens with zero attached hydrogens (tertiary/aromatic N) is 1. The van der Waals surface area contributed by atoms with Gasteiger partial charge >= 0.3 is 0 Å². The summed E-state index contributed by atoms with van der Waals surface area (Å²) in [5, 5.41) is 15.0. The molecule has 0 aromatic carbocycles. The van der Waals surface area contributed by atoms with Gasteiger partial charge in [-0.05, 0) is 80.8 Å². The predicted molar refractivity (Wildman–Crippen MR) is 94.2 cm³/mol. The number of thiophene rings is 1. The highest BCUT2D eigenvalue weighted by Crippen LogP contribution is 2.61. The highest BCUT2D eigenvalue weighted by Gasteiger charge is 2.51. The molecule has 6 heteroatoms. The van der Waals surface area contributed by atoms with Crippen LogP contribution in [-0.4, -0.2) is 17.6 Å². The molecule has 1 aromatic heterocycles. The lowest BCUT2D eigenvalue weighted by molar-refractivity contribution is -0.254. The second-order valence-electron chi connectivity index (χ2n) is 8.28. The number of carboxylic acids is 1. The van der Waals surface area contributed by atoms with Gasteiger partial charge in [0.25, 0.3) is 0 Å². The van der Waals surface area contributed by atoms with Crippen molar-refractivity contribution in [1.29, 1.82) is 0 Å². The second-order valence-corrected chi connectivity index (χ2v) is 9.36. The zero-order valence-electron chi connectivity index (χ0n) is 14.4. The van der Waals surface area contributed by atoms with Crippen molar-refractivity contribution < 1.29 is 14.7 Å². The molecule has 0 unspecified atom stereocenters. The van der Waals surface area contributed by atoms with Crippen LogP contribution in [0.4, 0.5) is 0 Å². The molecule has 4 aliphatic rings. The first-order valence-electron chi connectivity index (χ1n) is 9.07. The zero-order valence-corrected chi connectivity index (χ0v) is 15.2. The molecule has 0 spiro atoms. The van der Waals surface area contributed by atoms with Crippen LogP contribution < -0.4 is 10.5 Å². The van der Waals surface area contributed by atoms with Crippen LogP contribution in [0.3, 0.4) is 0 Å². The van der Waals surface area contributed by atoms with Crippen LogP contribution in [0.25, 0.3) is 0 Å². The monoisotopic (exact) mass is 359 g/mol. The van der Waals surface area contributed by atoms with E-state index in [1.165, 1.54) is 44.6 Å². The molecule has 25 heavy (non-hydrogen) atoms. The van der Waals surface area contributed by atoms with E-state index < -0.39 is 5.97 Å². The summed E-state index contributed by atoms with van der Waals surface area (Å²) < 4.78 is 0. The molecular formula is C19H23N2O3S-. The van der Waals surface area contributed by atoms with Crippen LogP contribution in [0.1, 0.15) is 66.4 Å². The van der Waals surface area contributed by atoms with E-state index in [1.54, 1.807) is 13.0 Å². The molecule has 4 saturated carbocycles. The Morgan fingerprint density at radius 3 is 2.24 bits per heavy atom. The van der Waals surface area contributed by atoms with Gasteiger partial charge in [0.1, 0.15) is 0 Å². The van der Waals surface area contributed by atoms with Crippen LogP contribution in [0.15, 0.2) is 17.2 Å². The van der Waals surface area contributed by atoms with E-state index in [1.807, 2.05) is 0 Å². The normalized spacial score (nSPS) is 33.5. The zero-order chi connectivity index (χ0) is 17.6. The number of amides is 1. The molecule has 0 atom stereocenters. The summed E-state index contributed by atoms with van der Waals surface area (Å²) in [5.41, 5.74) is 3.51. The Kier molecular flexibility index (Phi) is 4.18. The SMILES string of the molecule is C/C(=N/NC(=O)CC12CC3CC(CC(C3)C1)C2)c1ccc(C(=O)[O-])s1. The minimum atomic E-state index is -1.19. The molecule has 5 nitrogen and oxygen atoms in total. The Hall–Kier alpha value is -1.69. The summed E-state index contributed by atoms with van der Waals surface area (Å²) in [5.74, 6) is 1.29. The lowest BCUT2D eigenvalue weighted by Crippen LogP contribution is -2.47. The Morgan fingerprint density at radius 2 is 1.72 bits per heavy atom. The van der Waals surface area contributed by atoms with Gasteiger partial charge < -0.3 is 9.90 Å². The summed E-state index contributed by atoms with van der Waals surface area (Å²) >= 11 is 1.11. The average molecular weight is 359 g/mol. The third kappa shape index (κ3) is 3.36. The molecule has 1 amide bonds. The van der Waals surface area contributed by atoms with Crippen molar-refractivity contribution in [3.8, 4) is 0 Å². The number of aromatic carboxylic acids is 1. The second kappa shape index (κ2) is 6.24. The summed E-state index contributed by atoms with van der Waals surface area (Å²) in [6, 6.07) is 3.20. The Labute approximate surface area is 151 Å². The first-order valence-corrected chi connectivity index (χ1v) is 9.89. The number of carbonyl (C=O) groups excluding carboxylic acids is 2.